The number of nitrogens with zero attached hydrogens (tertiary/aromatic N) is 4. The number of pyridine rings is 1. The third-order valence-corrected chi connectivity index (χ3v) is 4.76. The summed E-state index contributed by atoms with van der Waals surface area (Å²) in [6, 6.07) is 4.81. The zero-order chi connectivity index (χ0) is 21.6. The Morgan fingerprint density at radius 2 is 1.90 bits per heavy atom. The zero-order valence-corrected chi connectivity index (χ0v) is 17.5. The lowest BCUT2D eigenvalue weighted by Crippen LogP contribution is -2.60. The summed E-state index contributed by atoms with van der Waals surface area (Å²) in [4.78, 5) is 32.5. The number of aliphatic hydroxyl groups is 1. The van der Waals surface area contributed by atoms with Crippen molar-refractivity contribution in [1.29, 1.82) is 0 Å². The van der Waals surface area contributed by atoms with Crippen molar-refractivity contribution in [2.75, 3.05) is 24.5 Å². The van der Waals surface area contributed by atoms with Crippen molar-refractivity contribution < 1.29 is 19.4 Å². The van der Waals surface area contributed by atoms with Crippen LogP contribution >= 0.6 is 0 Å². The van der Waals surface area contributed by atoms with Crippen LogP contribution in [0.15, 0.2) is 24.4 Å². The van der Waals surface area contributed by atoms with E-state index in [4.69, 9.17) is 10.5 Å². The second kappa shape index (κ2) is 7.22. The molecule has 2 amide bonds. The molecule has 2 aromatic rings. The molecule has 1 unspecified atom stereocenters. The summed E-state index contributed by atoms with van der Waals surface area (Å²) >= 11 is 0. The predicted octanol–water partition coefficient (Wildman–Crippen LogP) is 1.47. The standard InChI is InChI=1S/C20H29N5O4/c1-19(2,3)29-18(27)24-10-9-23(11-13(24)17(21)26)16-8-6-7-15-22-14(12-25(15)16)20(4,5)28/h6-8,12-13,28H,9-11H2,1-5H3,(H2,21,26). The molecule has 2 aromatic heterocycles. The van der Waals surface area contributed by atoms with Crippen LogP contribution in [-0.4, -0.2) is 62.7 Å². The molecule has 0 saturated carbocycles. The number of amides is 2. The Hall–Kier alpha value is -2.81. The summed E-state index contributed by atoms with van der Waals surface area (Å²) in [6.45, 7) is 9.73. The maximum Gasteiger partial charge on any atom is 0.411 e. The molecular weight excluding hydrogens is 374 g/mol. The van der Waals surface area contributed by atoms with Crippen molar-refractivity contribution in [1.82, 2.24) is 14.3 Å². The van der Waals surface area contributed by atoms with E-state index >= 15 is 0 Å². The van der Waals surface area contributed by atoms with E-state index in [1.165, 1.54) is 4.90 Å². The number of carbonyl (C=O) groups excluding carboxylic acids is 2. The molecule has 9 nitrogen and oxygen atoms in total. The molecule has 3 rings (SSSR count). The van der Waals surface area contributed by atoms with Gasteiger partial charge in [-0.3, -0.25) is 14.1 Å². The van der Waals surface area contributed by atoms with Crippen LogP contribution in [-0.2, 0) is 15.1 Å². The van der Waals surface area contributed by atoms with Crippen LogP contribution in [0.4, 0.5) is 10.6 Å². The number of nitrogens with two attached hydrogens (primary N) is 1. The number of anilines is 1. The minimum Gasteiger partial charge on any atom is -0.444 e. The van der Waals surface area contributed by atoms with E-state index in [0.29, 0.717) is 24.4 Å². The number of carbonyl (C=O) groups is 2. The Kier molecular flexibility index (Phi) is 5.20. The molecule has 3 N–H and O–H groups in total. The van der Waals surface area contributed by atoms with E-state index in [9.17, 15) is 14.7 Å². The highest BCUT2D eigenvalue weighted by atomic mass is 16.6. The van der Waals surface area contributed by atoms with E-state index in [1.54, 1.807) is 40.8 Å². The molecule has 1 aliphatic heterocycles. The number of primary amides is 1. The second-order valence-electron chi connectivity index (χ2n) is 8.84. The van der Waals surface area contributed by atoms with Gasteiger partial charge in [-0.05, 0) is 46.8 Å². The summed E-state index contributed by atoms with van der Waals surface area (Å²) in [7, 11) is 0. The van der Waals surface area contributed by atoms with E-state index in [2.05, 4.69) is 4.98 Å². The number of piperazine rings is 1. The number of hydrogen-bond acceptors (Lipinski definition) is 6. The van der Waals surface area contributed by atoms with E-state index in [-0.39, 0.29) is 6.54 Å². The second-order valence-corrected chi connectivity index (χ2v) is 8.84. The third kappa shape index (κ3) is 4.45. The topological polar surface area (TPSA) is 113 Å². The molecule has 1 saturated heterocycles. The molecule has 1 fully saturated rings. The van der Waals surface area contributed by atoms with E-state index < -0.39 is 29.2 Å². The molecule has 0 bridgehead atoms. The first kappa shape index (κ1) is 20.9. The molecule has 1 aliphatic rings. The van der Waals surface area contributed by atoms with Gasteiger partial charge in [0.15, 0.2) is 0 Å². The molecule has 0 radical (unpaired) electrons. The van der Waals surface area contributed by atoms with E-state index in [0.717, 1.165) is 5.82 Å². The fourth-order valence-electron chi connectivity index (χ4n) is 3.32. The summed E-state index contributed by atoms with van der Waals surface area (Å²) < 4.78 is 7.30. The van der Waals surface area contributed by atoms with E-state index in [1.807, 2.05) is 27.5 Å². The monoisotopic (exact) mass is 403 g/mol. The average Bonchev–Trinajstić information content (AvgIpc) is 3.04. The third-order valence-electron chi connectivity index (χ3n) is 4.76. The maximum atomic E-state index is 12.5. The highest BCUT2D eigenvalue weighted by Crippen LogP contribution is 2.26. The van der Waals surface area contributed by atoms with Crippen molar-refractivity contribution in [3.05, 3.63) is 30.1 Å². The Bertz CT molecular complexity index is 925. The highest BCUT2D eigenvalue weighted by molar-refractivity contribution is 5.85. The molecule has 158 valence electrons. The van der Waals surface area contributed by atoms with Crippen LogP contribution in [0, 0.1) is 0 Å². The van der Waals surface area contributed by atoms with Crippen LogP contribution in [0.3, 0.4) is 0 Å². The number of rotatable bonds is 3. The lowest BCUT2D eigenvalue weighted by atomic mass is 10.1. The SMILES string of the molecule is CC(C)(C)OC(=O)N1CCN(c2cccc3nc(C(C)(C)O)cn23)CC1C(N)=O. The highest BCUT2D eigenvalue weighted by Gasteiger charge is 2.37. The first-order chi connectivity index (χ1) is 13.4. The van der Waals surface area contributed by atoms with Crippen LogP contribution in [0.1, 0.15) is 40.3 Å². The van der Waals surface area contributed by atoms with Crippen molar-refractivity contribution in [3.8, 4) is 0 Å². The van der Waals surface area contributed by atoms with Crippen LogP contribution in [0.25, 0.3) is 5.65 Å². The normalized spacial score (nSPS) is 18.2. The van der Waals surface area contributed by atoms with Crippen molar-refractivity contribution >= 4 is 23.5 Å². The maximum absolute atomic E-state index is 12.5. The minimum atomic E-state index is -1.07. The predicted molar refractivity (Wildman–Crippen MR) is 109 cm³/mol. The average molecular weight is 403 g/mol. The van der Waals surface area contributed by atoms with Gasteiger partial charge in [0.05, 0.1) is 5.69 Å². The van der Waals surface area contributed by atoms with Gasteiger partial charge in [0.2, 0.25) is 5.91 Å². The molecule has 0 aromatic carbocycles. The fraction of sp³-hybridized carbons (Fsp3) is 0.550. The molecule has 0 spiro atoms. The van der Waals surface area contributed by atoms with Gasteiger partial charge < -0.3 is 20.5 Å². The number of ether oxygens (including phenoxy) is 1. The quantitative estimate of drug-likeness (QED) is 0.802. The van der Waals surface area contributed by atoms with Gasteiger partial charge in [0, 0.05) is 25.8 Å². The Morgan fingerprint density at radius 3 is 2.48 bits per heavy atom. The van der Waals surface area contributed by atoms with Gasteiger partial charge in [-0.2, -0.15) is 0 Å². The molecule has 0 aliphatic carbocycles. The van der Waals surface area contributed by atoms with Gasteiger partial charge >= 0.3 is 6.09 Å². The van der Waals surface area contributed by atoms with Crippen LogP contribution in [0.5, 0.6) is 0 Å². The lowest BCUT2D eigenvalue weighted by Gasteiger charge is -2.41. The Labute approximate surface area is 170 Å². The van der Waals surface area contributed by atoms with Crippen molar-refractivity contribution in [3.63, 3.8) is 0 Å². The lowest BCUT2D eigenvalue weighted by molar-refractivity contribution is -0.123. The van der Waals surface area contributed by atoms with Gasteiger partial charge in [-0.1, -0.05) is 6.07 Å². The van der Waals surface area contributed by atoms with Gasteiger partial charge in [0.25, 0.3) is 0 Å². The fourth-order valence-corrected chi connectivity index (χ4v) is 3.32. The van der Waals surface area contributed by atoms with Crippen LogP contribution in [0.2, 0.25) is 0 Å². The first-order valence-corrected chi connectivity index (χ1v) is 9.62. The summed E-state index contributed by atoms with van der Waals surface area (Å²) in [6.07, 6.45) is 1.23. The summed E-state index contributed by atoms with van der Waals surface area (Å²) in [5.41, 5.74) is 5.10. The van der Waals surface area contributed by atoms with Gasteiger partial charge in [-0.25, -0.2) is 9.78 Å². The van der Waals surface area contributed by atoms with Gasteiger partial charge in [0.1, 0.15) is 28.7 Å². The molecule has 9 heteroatoms. The Morgan fingerprint density at radius 1 is 1.21 bits per heavy atom. The number of fused-ring (bicyclic) bond motifs is 1. The van der Waals surface area contributed by atoms with Crippen molar-refractivity contribution in [2.24, 2.45) is 5.73 Å². The molecule has 29 heavy (non-hydrogen) atoms. The number of hydrogen-bond donors (Lipinski definition) is 2. The molecule has 1 atom stereocenters. The van der Waals surface area contributed by atoms with Gasteiger partial charge in [-0.15, -0.1) is 0 Å². The van der Waals surface area contributed by atoms with Crippen LogP contribution < -0.4 is 10.6 Å². The number of imidazole rings is 1. The smallest absolute Gasteiger partial charge is 0.411 e. The number of aromatic nitrogens is 2. The van der Waals surface area contributed by atoms with Crippen molar-refractivity contribution in [2.45, 2.75) is 51.9 Å². The largest absolute Gasteiger partial charge is 0.444 e. The summed E-state index contributed by atoms with van der Waals surface area (Å²) in [5, 5.41) is 10.3. The first-order valence-electron chi connectivity index (χ1n) is 9.62. The molecule has 3 heterocycles. The Balaban J connectivity index is 1.89. The minimum absolute atomic E-state index is 0.240. The molecular formula is C20H29N5O4. The summed E-state index contributed by atoms with van der Waals surface area (Å²) in [5.74, 6) is 0.219. The zero-order valence-electron chi connectivity index (χ0n) is 17.5.